The summed E-state index contributed by atoms with van der Waals surface area (Å²) in [6.45, 7) is 0. The summed E-state index contributed by atoms with van der Waals surface area (Å²) < 4.78 is 1.03. The first-order valence-corrected chi connectivity index (χ1v) is 5.85. The van der Waals surface area contributed by atoms with Crippen molar-refractivity contribution in [2.24, 2.45) is 5.92 Å². The molecule has 16 heavy (non-hydrogen) atoms. The summed E-state index contributed by atoms with van der Waals surface area (Å²) in [5, 5.41) is 9.43. The Hall–Kier alpha value is -1.62. The minimum atomic E-state index is -0.700. The van der Waals surface area contributed by atoms with E-state index in [9.17, 15) is 4.79 Å². The molecule has 1 aromatic heterocycles. The molecule has 1 saturated carbocycles. The molecule has 82 valence electrons. The summed E-state index contributed by atoms with van der Waals surface area (Å²) >= 11 is 1.44. The molecule has 5 heteroatoms. The van der Waals surface area contributed by atoms with Crippen molar-refractivity contribution in [2.45, 2.75) is 12.3 Å². The van der Waals surface area contributed by atoms with Crippen molar-refractivity contribution in [1.29, 1.82) is 0 Å². The predicted molar refractivity (Wildman–Crippen MR) is 62.5 cm³/mol. The monoisotopic (exact) mass is 234 g/mol. The fourth-order valence-electron chi connectivity index (χ4n) is 2.03. The second-order valence-electron chi connectivity index (χ2n) is 4.07. The van der Waals surface area contributed by atoms with Gasteiger partial charge in [-0.15, -0.1) is 0 Å². The van der Waals surface area contributed by atoms with Crippen molar-refractivity contribution in [3.63, 3.8) is 0 Å². The number of aliphatic carboxylic acids is 1. The summed E-state index contributed by atoms with van der Waals surface area (Å²) in [7, 11) is 0. The number of aromatic nitrogens is 1. The molecule has 1 aliphatic rings. The van der Waals surface area contributed by atoms with Gasteiger partial charge in [-0.2, -0.15) is 0 Å². The fraction of sp³-hybridized carbons (Fsp3) is 0.273. The third-order valence-electron chi connectivity index (χ3n) is 2.96. The van der Waals surface area contributed by atoms with Gasteiger partial charge in [0.15, 0.2) is 5.13 Å². The molecule has 0 aliphatic heterocycles. The van der Waals surface area contributed by atoms with Crippen LogP contribution in [0.2, 0.25) is 0 Å². The van der Waals surface area contributed by atoms with E-state index in [4.69, 9.17) is 10.8 Å². The highest BCUT2D eigenvalue weighted by Crippen LogP contribution is 2.48. The van der Waals surface area contributed by atoms with E-state index in [1.807, 2.05) is 18.2 Å². The Balaban J connectivity index is 1.97. The third-order valence-corrected chi connectivity index (χ3v) is 3.81. The van der Waals surface area contributed by atoms with Crippen molar-refractivity contribution in [3.05, 3.63) is 23.8 Å². The van der Waals surface area contributed by atoms with Gasteiger partial charge in [-0.1, -0.05) is 17.4 Å². The molecule has 2 aromatic rings. The first kappa shape index (κ1) is 9.59. The zero-order chi connectivity index (χ0) is 11.3. The van der Waals surface area contributed by atoms with Gasteiger partial charge in [0.1, 0.15) is 0 Å². The summed E-state index contributed by atoms with van der Waals surface area (Å²) in [5.74, 6) is -0.734. The second kappa shape index (κ2) is 3.18. The van der Waals surface area contributed by atoms with Gasteiger partial charge in [-0.25, -0.2) is 4.98 Å². The van der Waals surface area contributed by atoms with Gasteiger partial charge in [-0.3, -0.25) is 4.79 Å². The van der Waals surface area contributed by atoms with Crippen molar-refractivity contribution in [1.82, 2.24) is 4.98 Å². The largest absolute Gasteiger partial charge is 0.481 e. The lowest BCUT2D eigenvalue weighted by atomic mass is 10.1. The van der Waals surface area contributed by atoms with Gasteiger partial charge in [0.25, 0.3) is 0 Å². The van der Waals surface area contributed by atoms with Crippen molar-refractivity contribution >= 4 is 32.7 Å². The zero-order valence-corrected chi connectivity index (χ0v) is 9.20. The Labute approximate surface area is 95.7 Å². The lowest BCUT2D eigenvalue weighted by Gasteiger charge is -1.97. The van der Waals surface area contributed by atoms with Crippen molar-refractivity contribution in [2.75, 3.05) is 5.73 Å². The average molecular weight is 234 g/mol. The molecule has 2 unspecified atom stereocenters. The molecule has 4 nitrogen and oxygen atoms in total. The van der Waals surface area contributed by atoms with Crippen LogP contribution in [0, 0.1) is 5.92 Å². The quantitative estimate of drug-likeness (QED) is 0.834. The minimum Gasteiger partial charge on any atom is -0.481 e. The van der Waals surface area contributed by atoms with Crippen molar-refractivity contribution in [3.8, 4) is 0 Å². The number of fused-ring (bicyclic) bond motifs is 1. The molecule has 3 N–H and O–H groups in total. The van der Waals surface area contributed by atoms with Crippen LogP contribution >= 0.6 is 11.3 Å². The molecule has 2 atom stereocenters. The van der Waals surface area contributed by atoms with Crippen LogP contribution in [0.5, 0.6) is 0 Å². The molecule has 1 aliphatic carbocycles. The van der Waals surface area contributed by atoms with E-state index >= 15 is 0 Å². The number of hydrogen-bond donors (Lipinski definition) is 2. The van der Waals surface area contributed by atoms with Crippen LogP contribution in [0.25, 0.3) is 10.2 Å². The van der Waals surface area contributed by atoms with Gasteiger partial charge in [0.2, 0.25) is 0 Å². The highest BCUT2D eigenvalue weighted by molar-refractivity contribution is 7.22. The molecule has 0 saturated heterocycles. The van der Waals surface area contributed by atoms with Crippen LogP contribution in [0.15, 0.2) is 18.2 Å². The van der Waals surface area contributed by atoms with Crippen LogP contribution in [0.4, 0.5) is 5.13 Å². The lowest BCUT2D eigenvalue weighted by molar-refractivity contribution is -0.138. The van der Waals surface area contributed by atoms with Crippen LogP contribution in [-0.2, 0) is 4.79 Å². The zero-order valence-electron chi connectivity index (χ0n) is 8.38. The number of benzene rings is 1. The molecular formula is C11H10N2O2S. The topological polar surface area (TPSA) is 76.2 Å². The lowest BCUT2D eigenvalue weighted by Crippen LogP contribution is -1.98. The average Bonchev–Trinajstić information content (AvgIpc) is 2.94. The molecule has 1 fully saturated rings. The minimum absolute atomic E-state index is 0.172. The Bertz CT molecular complexity index is 578. The van der Waals surface area contributed by atoms with Crippen LogP contribution < -0.4 is 5.73 Å². The maximum absolute atomic E-state index is 10.8. The maximum atomic E-state index is 10.8. The van der Waals surface area contributed by atoms with E-state index in [0.717, 1.165) is 22.2 Å². The van der Waals surface area contributed by atoms with E-state index < -0.39 is 5.97 Å². The van der Waals surface area contributed by atoms with Gasteiger partial charge >= 0.3 is 5.97 Å². The Kier molecular flexibility index (Phi) is 1.91. The fourth-order valence-corrected chi connectivity index (χ4v) is 2.81. The second-order valence-corrected chi connectivity index (χ2v) is 5.13. The molecule has 3 rings (SSSR count). The SMILES string of the molecule is Nc1nc2ccc(C3CC3C(=O)O)cc2s1. The summed E-state index contributed by atoms with van der Waals surface area (Å²) in [6, 6.07) is 5.88. The van der Waals surface area contributed by atoms with E-state index in [1.165, 1.54) is 11.3 Å². The molecule has 0 amide bonds. The van der Waals surface area contributed by atoms with Crippen molar-refractivity contribution < 1.29 is 9.90 Å². The number of carboxylic acids is 1. The number of hydrogen-bond acceptors (Lipinski definition) is 4. The molecule has 0 bridgehead atoms. The molecule has 1 aromatic carbocycles. The van der Waals surface area contributed by atoms with Crippen LogP contribution in [-0.4, -0.2) is 16.1 Å². The van der Waals surface area contributed by atoms with Gasteiger partial charge in [-0.05, 0) is 30.0 Å². The molecule has 0 radical (unpaired) electrons. The standard InChI is InChI=1S/C11H10N2O2S/c12-11-13-8-2-1-5(3-9(8)16-11)6-4-7(6)10(14)15/h1-3,6-7H,4H2,(H2,12,13)(H,14,15). The highest BCUT2D eigenvalue weighted by Gasteiger charge is 2.44. The number of thiazole rings is 1. The van der Waals surface area contributed by atoms with Gasteiger partial charge in [0.05, 0.1) is 16.1 Å². The Morgan fingerprint density at radius 3 is 3.06 bits per heavy atom. The third kappa shape index (κ3) is 1.44. The first-order chi connectivity index (χ1) is 7.65. The maximum Gasteiger partial charge on any atom is 0.307 e. The first-order valence-electron chi connectivity index (χ1n) is 5.04. The summed E-state index contributed by atoms with van der Waals surface area (Å²) in [5.41, 5.74) is 7.60. The Morgan fingerprint density at radius 1 is 1.56 bits per heavy atom. The van der Waals surface area contributed by atoms with Crippen LogP contribution in [0.3, 0.4) is 0 Å². The molecule has 1 heterocycles. The number of nitrogen functional groups attached to an aromatic ring is 1. The van der Waals surface area contributed by atoms with E-state index in [-0.39, 0.29) is 11.8 Å². The van der Waals surface area contributed by atoms with E-state index in [2.05, 4.69) is 4.98 Å². The normalized spacial score (nSPS) is 23.5. The molecular weight excluding hydrogens is 224 g/mol. The number of carboxylic acid groups (broad SMARTS) is 1. The number of rotatable bonds is 2. The van der Waals surface area contributed by atoms with Gasteiger partial charge in [0, 0.05) is 0 Å². The van der Waals surface area contributed by atoms with Crippen LogP contribution in [0.1, 0.15) is 17.9 Å². The number of nitrogens with two attached hydrogens (primary N) is 1. The number of carbonyl (C=O) groups is 1. The Morgan fingerprint density at radius 2 is 2.38 bits per heavy atom. The van der Waals surface area contributed by atoms with E-state index in [0.29, 0.717) is 5.13 Å². The van der Waals surface area contributed by atoms with Gasteiger partial charge < -0.3 is 10.8 Å². The number of nitrogens with zero attached hydrogens (tertiary/aromatic N) is 1. The smallest absolute Gasteiger partial charge is 0.307 e. The van der Waals surface area contributed by atoms with E-state index in [1.54, 1.807) is 0 Å². The molecule has 0 spiro atoms. The summed E-state index contributed by atoms with van der Waals surface area (Å²) in [6.07, 6.45) is 0.745. The highest BCUT2D eigenvalue weighted by atomic mass is 32.1. The number of anilines is 1. The predicted octanol–water partition coefficient (Wildman–Crippen LogP) is 2.07. The summed E-state index contributed by atoms with van der Waals surface area (Å²) in [4.78, 5) is 15.0.